The molecule has 0 amide bonds. The summed E-state index contributed by atoms with van der Waals surface area (Å²) in [4.78, 5) is 10.2. The van der Waals surface area contributed by atoms with E-state index >= 15 is 0 Å². The van der Waals surface area contributed by atoms with Crippen LogP contribution in [-0.4, -0.2) is 19.6 Å². The molecule has 0 unspecified atom stereocenters. The Morgan fingerprint density at radius 2 is 1.20 bits per heavy atom. The predicted octanol–water partition coefficient (Wildman–Crippen LogP) is 15.3. The minimum atomic E-state index is -3.38. The zero-order chi connectivity index (χ0) is 53.6. The van der Waals surface area contributed by atoms with Gasteiger partial charge in [-0.3, -0.25) is 9.55 Å². The molecule has 0 saturated heterocycles. The van der Waals surface area contributed by atoms with Crippen LogP contribution in [0.4, 0.5) is 0 Å². The van der Waals surface area contributed by atoms with Crippen LogP contribution >= 0.6 is 0 Å². The quantitative estimate of drug-likeness (QED) is 0.182. The summed E-state index contributed by atoms with van der Waals surface area (Å²) in [6.07, 6.45) is 1.65. The maximum atomic E-state index is 11.8. The molecule has 4 nitrogen and oxygen atoms in total. The van der Waals surface area contributed by atoms with Gasteiger partial charge in [-0.2, -0.15) is 0 Å². The summed E-state index contributed by atoms with van der Waals surface area (Å²) < 4.78 is 101. The van der Waals surface area contributed by atoms with Gasteiger partial charge in [0.15, 0.2) is 0 Å². The highest BCUT2D eigenvalue weighted by atomic mass is 16.3. The van der Waals surface area contributed by atoms with Crippen molar-refractivity contribution < 1.29 is 21.6 Å². The Kier molecular flexibility index (Phi) is 7.31. The number of aromatic nitrogens is 3. The molecule has 0 aliphatic rings. The Balaban J connectivity index is 1.34. The van der Waals surface area contributed by atoms with Crippen molar-refractivity contribution in [1.82, 2.24) is 14.5 Å². The normalized spacial score (nSPS) is 16.1. The standard InChI is InChI=1S/C57H59N3O/c1-35-16-25-50(47(29-35)39-19-23-44(24-20-39)56(7,8)9)60-51-15-13-14-46(52(51)59-54(60)48-30-36(2)28-37(3)53(48)61)41-31-42(33-45(32-41)57(10,11)12)49-34-40(26-27-58-49)38-17-21-43(22-18-38)55(4,5)6/h13-34,61H,1-12H3/i1D3,4D3,5D3,6D3. The van der Waals surface area contributed by atoms with Crippen LogP contribution in [0.3, 0.4) is 0 Å². The molecular weight excluding hydrogens is 743 g/mol. The number of phenolic OH excluding ortho intramolecular Hbond substituents is 1. The van der Waals surface area contributed by atoms with Crippen molar-refractivity contribution in [2.75, 3.05) is 0 Å². The lowest BCUT2D eigenvalue weighted by atomic mass is 9.83. The van der Waals surface area contributed by atoms with E-state index < -0.39 is 32.8 Å². The molecule has 0 aliphatic carbocycles. The van der Waals surface area contributed by atoms with E-state index in [1.165, 1.54) is 24.3 Å². The van der Waals surface area contributed by atoms with E-state index in [9.17, 15) is 5.11 Å². The number of nitrogens with zero attached hydrogens (tertiary/aromatic N) is 3. The first-order valence-corrected chi connectivity index (χ1v) is 20.5. The number of aromatic hydroxyl groups is 1. The van der Waals surface area contributed by atoms with E-state index in [-0.39, 0.29) is 27.7 Å². The van der Waals surface area contributed by atoms with Gasteiger partial charge in [0.2, 0.25) is 0 Å². The highest BCUT2D eigenvalue weighted by molar-refractivity contribution is 5.98. The Hall–Kier alpha value is -6.26. The predicted molar refractivity (Wildman–Crippen MR) is 258 cm³/mol. The van der Waals surface area contributed by atoms with Gasteiger partial charge in [-0.15, -0.1) is 0 Å². The van der Waals surface area contributed by atoms with Crippen LogP contribution in [0, 0.1) is 20.7 Å². The van der Waals surface area contributed by atoms with E-state index in [0.29, 0.717) is 56.1 Å². The zero-order valence-corrected chi connectivity index (χ0v) is 36.0. The Morgan fingerprint density at radius 1 is 0.541 bits per heavy atom. The van der Waals surface area contributed by atoms with Crippen molar-refractivity contribution in [1.29, 1.82) is 0 Å². The average molecular weight is 814 g/mol. The monoisotopic (exact) mass is 814 g/mol. The third-order valence-electron chi connectivity index (χ3n) is 11.5. The number of hydrogen-bond acceptors (Lipinski definition) is 3. The molecule has 4 heteroatoms. The second-order valence-corrected chi connectivity index (χ2v) is 18.3. The maximum absolute atomic E-state index is 11.8. The number of imidazole rings is 1. The summed E-state index contributed by atoms with van der Waals surface area (Å²) in [7, 11) is 0. The first-order valence-electron chi connectivity index (χ1n) is 26.5. The first kappa shape index (κ1) is 29.1. The minimum Gasteiger partial charge on any atom is -0.507 e. The topological polar surface area (TPSA) is 50.9 Å². The number of phenols is 1. The number of rotatable bonds is 6. The number of pyridine rings is 1. The van der Waals surface area contributed by atoms with E-state index in [0.717, 1.165) is 38.9 Å². The molecule has 6 aromatic carbocycles. The van der Waals surface area contributed by atoms with Crippen LogP contribution in [-0.2, 0) is 16.2 Å². The van der Waals surface area contributed by atoms with Gasteiger partial charge in [0.25, 0.3) is 0 Å². The number of para-hydroxylation sites is 1. The summed E-state index contributed by atoms with van der Waals surface area (Å²) in [5.74, 6) is 0.532. The van der Waals surface area contributed by atoms with Gasteiger partial charge in [-0.05, 0) is 136 Å². The molecule has 8 rings (SSSR count). The summed E-state index contributed by atoms with van der Waals surface area (Å²) in [6, 6.07) is 38.6. The van der Waals surface area contributed by atoms with Gasteiger partial charge in [0, 0.05) is 39.3 Å². The fourth-order valence-electron chi connectivity index (χ4n) is 8.04. The van der Waals surface area contributed by atoms with Crippen LogP contribution in [0.25, 0.3) is 72.7 Å². The van der Waals surface area contributed by atoms with Gasteiger partial charge < -0.3 is 5.11 Å². The van der Waals surface area contributed by atoms with Crippen LogP contribution in [0.15, 0.2) is 134 Å². The number of benzene rings is 6. The summed E-state index contributed by atoms with van der Waals surface area (Å²) in [5, 5.41) is 11.8. The summed E-state index contributed by atoms with van der Waals surface area (Å²) in [6.45, 7) is 4.06. The minimum absolute atomic E-state index is 0.0719. The van der Waals surface area contributed by atoms with Gasteiger partial charge in [0.05, 0.1) is 28.0 Å². The van der Waals surface area contributed by atoms with E-state index in [2.05, 4.69) is 65.8 Å². The van der Waals surface area contributed by atoms with Crippen molar-refractivity contribution >= 4 is 11.0 Å². The van der Waals surface area contributed by atoms with Gasteiger partial charge in [-0.1, -0.05) is 147 Å². The molecule has 1 N–H and O–H groups in total. The highest BCUT2D eigenvalue weighted by Crippen LogP contribution is 2.43. The lowest BCUT2D eigenvalue weighted by molar-refractivity contribution is 0.472. The maximum Gasteiger partial charge on any atom is 0.149 e. The van der Waals surface area contributed by atoms with Crippen LogP contribution < -0.4 is 0 Å². The summed E-state index contributed by atoms with van der Waals surface area (Å²) >= 11 is 0. The van der Waals surface area contributed by atoms with Gasteiger partial charge in [-0.25, -0.2) is 4.98 Å². The third kappa shape index (κ3) is 8.16. The first-order chi connectivity index (χ1) is 33.7. The fraction of sp³-hybridized carbons (Fsp3) is 0.263. The average Bonchev–Trinajstić information content (AvgIpc) is 3.67. The third-order valence-corrected chi connectivity index (χ3v) is 11.5. The Morgan fingerprint density at radius 3 is 1.87 bits per heavy atom. The molecule has 0 bridgehead atoms. The second kappa shape index (κ2) is 15.3. The molecule has 308 valence electrons. The Bertz CT molecular complexity index is 3350. The number of fused-ring (bicyclic) bond motifs is 1. The van der Waals surface area contributed by atoms with Crippen molar-refractivity contribution in [3.63, 3.8) is 0 Å². The number of hydrogen-bond donors (Lipinski definition) is 1. The fourth-order valence-corrected chi connectivity index (χ4v) is 8.04. The zero-order valence-electron chi connectivity index (χ0n) is 48.0. The van der Waals surface area contributed by atoms with Crippen LogP contribution in [0.5, 0.6) is 5.75 Å². The molecule has 0 aliphatic heterocycles. The molecule has 0 spiro atoms. The highest BCUT2D eigenvalue weighted by Gasteiger charge is 2.25. The van der Waals surface area contributed by atoms with Crippen molar-refractivity contribution in [3.05, 3.63) is 167 Å². The molecule has 61 heavy (non-hydrogen) atoms. The van der Waals surface area contributed by atoms with Crippen molar-refractivity contribution in [2.24, 2.45) is 0 Å². The second-order valence-electron chi connectivity index (χ2n) is 18.3. The van der Waals surface area contributed by atoms with Crippen LogP contribution in [0.2, 0.25) is 0 Å². The molecule has 2 heterocycles. The lowest BCUT2D eigenvalue weighted by Crippen LogP contribution is -2.11. The smallest absolute Gasteiger partial charge is 0.149 e. The molecule has 8 aromatic rings. The molecule has 0 atom stereocenters. The molecular formula is C57H59N3O. The van der Waals surface area contributed by atoms with Crippen molar-refractivity contribution in [2.45, 2.75) is 99.0 Å². The van der Waals surface area contributed by atoms with Gasteiger partial charge in [0.1, 0.15) is 11.6 Å². The molecule has 2 aromatic heterocycles. The van der Waals surface area contributed by atoms with E-state index in [4.69, 9.17) is 26.4 Å². The number of aryl methyl sites for hydroxylation is 3. The Labute approximate surface area is 379 Å². The SMILES string of the molecule is [2H]C([2H])([2H])c1ccc(-n2c(-c3cc(C)cc(C)c3O)nc3c(-c4cc(-c5cc(-c6ccc(C(C([2H])([2H])[2H])(C([2H])([2H])[2H])C([2H])([2H])[2H])cc6)ccn5)cc(C(C)(C)C)c4)cccc32)c(-c2ccc(C(C)(C)C)cc2)c1. The van der Waals surface area contributed by atoms with Crippen molar-refractivity contribution in [3.8, 4) is 67.5 Å². The van der Waals surface area contributed by atoms with E-state index in [1.807, 2.05) is 79.1 Å². The largest absolute Gasteiger partial charge is 0.507 e. The summed E-state index contributed by atoms with van der Waals surface area (Å²) in [5.41, 5.74) is 8.25. The molecule has 0 radical (unpaired) electrons. The van der Waals surface area contributed by atoms with Gasteiger partial charge >= 0.3 is 0 Å². The lowest BCUT2D eigenvalue weighted by Gasteiger charge is -2.22. The molecule has 0 saturated carbocycles. The van der Waals surface area contributed by atoms with E-state index in [1.54, 1.807) is 24.4 Å². The molecule has 0 fully saturated rings. The van der Waals surface area contributed by atoms with Crippen LogP contribution in [0.1, 0.15) is 112 Å².